The zero-order chi connectivity index (χ0) is 11.7. The van der Waals surface area contributed by atoms with Gasteiger partial charge in [-0.2, -0.15) is 5.10 Å². The molecule has 1 aromatic rings. The summed E-state index contributed by atoms with van der Waals surface area (Å²) in [6.45, 7) is 4.37. The van der Waals surface area contributed by atoms with Crippen molar-refractivity contribution < 1.29 is 0 Å². The summed E-state index contributed by atoms with van der Waals surface area (Å²) in [5.41, 5.74) is 1.37. The van der Waals surface area contributed by atoms with E-state index in [1.54, 1.807) is 0 Å². The van der Waals surface area contributed by atoms with Crippen molar-refractivity contribution in [3.05, 3.63) is 16.4 Å². The Balaban J connectivity index is 2.34. The van der Waals surface area contributed by atoms with Gasteiger partial charge in [0.15, 0.2) is 0 Å². The standard InChI is InChI=1S/C12H20BrN3/c1-8(2)16-12(10(13)7-15-16)9-5-4-6-11(9)14-3/h7-9,11,14H,4-6H2,1-3H3. The minimum atomic E-state index is 0.430. The van der Waals surface area contributed by atoms with E-state index in [0.29, 0.717) is 18.0 Å². The van der Waals surface area contributed by atoms with E-state index in [-0.39, 0.29) is 0 Å². The summed E-state index contributed by atoms with van der Waals surface area (Å²) in [5.74, 6) is 0.601. The van der Waals surface area contributed by atoms with E-state index in [0.717, 1.165) is 4.47 Å². The summed E-state index contributed by atoms with van der Waals surface area (Å²) in [6.07, 6.45) is 5.78. The molecule has 1 aliphatic rings. The van der Waals surface area contributed by atoms with Crippen LogP contribution in [0.3, 0.4) is 0 Å². The Bertz CT molecular complexity index is 359. The van der Waals surface area contributed by atoms with Crippen LogP contribution in [0.25, 0.3) is 0 Å². The highest BCUT2D eigenvalue weighted by Gasteiger charge is 2.31. The monoisotopic (exact) mass is 285 g/mol. The van der Waals surface area contributed by atoms with Crippen LogP contribution in [0.15, 0.2) is 10.7 Å². The Morgan fingerprint density at radius 3 is 2.88 bits per heavy atom. The lowest BCUT2D eigenvalue weighted by atomic mass is 9.99. The fourth-order valence-corrected chi connectivity index (χ4v) is 3.31. The summed E-state index contributed by atoms with van der Waals surface area (Å²) in [7, 11) is 2.06. The van der Waals surface area contributed by atoms with Crippen molar-refractivity contribution in [3.8, 4) is 0 Å². The van der Waals surface area contributed by atoms with Gasteiger partial charge in [-0.25, -0.2) is 0 Å². The number of aromatic nitrogens is 2. The molecule has 1 aromatic heterocycles. The second kappa shape index (κ2) is 4.88. The topological polar surface area (TPSA) is 29.9 Å². The smallest absolute Gasteiger partial charge is 0.0635 e. The van der Waals surface area contributed by atoms with Gasteiger partial charge in [-0.1, -0.05) is 6.42 Å². The first kappa shape index (κ1) is 12.1. The summed E-state index contributed by atoms with van der Waals surface area (Å²) < 4.78 is 3.32. The Hall–Kier alpha value is -0.350. The van der Waals surface area contributed by atoms with E-state index < -0.39 is 0 Å². The van der Waals surface area contributed by atoms with Gasteiger partial charge in [0, 0.05) is 18.0 Å². The molecule has 0 bridgehead atoms. The van der Waals surface area contributed by atoms with Crippen LogP contribution in [-0.4, -0.2) is 22.9 Å². The van der Waals surface area contributed by atoms with Crippen LogP contribution in [0.4, 0.5) is 0 Å². The van der Waals surface area contributed by atoms with Crippen LogP contribution in [0, 0.1) is 0 Å². The minimum absolute atomic E-state index is 0.430. The molecule has 1 saturated carbocycles. The van der Waals surface area contributed by atoms with Crippen molar-refractivity contribution in [3.63, 3.8) is 0 Å². The zero-order valence-electron chi connectivity index (χ0n) is 10.2. The summed E-state index contributed by atoms with van der Waals surface area (Å²) in [6, 6.07) is 1.03. The molecule has 1 fully saturated rings. The lowest BCUT2D eigenvalue weighted by molar-refractivity contribution is 0.446. The van der Waals surface area contributed by atoms with Gasteiger partial charge in [-0.05, 0) is 49.7 Å². The van der Waals surface area contributed by atoms with Crippen LogP contribution < -0.4 is 5.32 Å². The molecule has 0 saturated heterocycles. The first-order valence-corrected chi connectivity index (χ1v) is 6.84. The maximum Gasteiger partial charge on any atom is 0.0635 e. The minimum Gasteiger partial charge on any atom is -0.316 e. The molecule has 0 radical (unpaired) electrons. The summed E-state index contributed by atoms with van der Waals surface area (Å²) in [4.78, 5) is 0. The molecule has 3 nitrogen and oxygen atoms in total. The predicted octanol–water partition coefficient (Wildman–Crippen LogP) is 3.08. The molecule has 0 amide bonds. The third-order valence-electron chi connectivity index (χ3n) is 3.51. The summed E-state index contributed by atoms with van der Waals surface area (Å²) >= 11 is 3.64. The largest absolute Gasteiger partial charge is 0.316 e. The Kier molecular flexibility index (Phi) is 3.70. The first-order valence-electron chi connectivity index (χ1n) is 6.05. The molecule has 1 aliphatic carbocycles. The van der Waals surface area contributed by atoms with Crippen molar-refractivity contribution in [2.45, 2.75) is 51.1 Å². The van der Waals surface area contributed by atoms with Crippen LogP contribution in [-0.2, 0) is 0 Å². The third-order valence-corrected chi connectivity index (χ3v) is 4.13. The molecule has 90 valence electrons. The molecule has 0 spiro atoms. The van der Waals surface area contributed by atoms with Crippen LogP contribution in [0.2, 0.25) is 0 Å². The molecule has 2 rings (SSSR count). The quantitative estimate of drug-likeness (QED) is 0.925. The number of halogens is 1. The normalized spacial score (nSPS) is 25.6. The fraction of sp³-hybridized carbons (Fsp3) is 0.750. The van der Waals surface area contributed by atoms with Gasteiger partial charge in [-0.3, -0.25) is 4.68 Å². The average molecular weight is 286 g/mol. The Morgan fingerprint density at radius 2 is 2.25 bits per heavy atom. The van der Waals surface area contributed by atoms with E-state index in [1.165, 1.54) is 25.0 Å². The number of nitrogens with zero attached hydrogens (tertiary/aromatic N) is 2. The van der Waals surface area contributed by atoms with Gasteiger partial charge < -0.3 is 5.32 Å². The molecular weight excluding hydrogens is 266 g/mol. The zero-order valence-corrected chi connectivity index (χ0v) is 11.8. The second-order valence-electron chi connectivity index (χ2n) is 4.85. The molecule has 16 heavy (non-hydrogen) atoms. The van der Waals surface area contributed by atoms with E-state index >= 15 is 0 Å². The SMILES string of the molecule is CNC1CCCC1c1c(Br)cnn1C(C)C. The Labute approximate surface area is 106 Å². The van der Waals surface area contributed by atoms with Crippen LogP contribution in [0.5, 0.6) is 0 Å². The highest BCUT2D eigenvalue weighted by molar-refractivity contribution is 9.10. The lowest BCUT2D eigenvalue weighted by Gasteiger charge is -2.22. The number of hydrogen-bond acceptors (Lipinski definition) is 2. The molecule has 0 aliphatic heterocycles. The van der Waals surface area contributed by atoms with Gasteiger partial charge in [-0.15, -0.1) is 0 Å². The summed E-state index contributed by atoms with van der Waals surface area (Å²) in [5, 5.41) is 7.90. The highest BCUT2D eigenvalue weighted by atomic mass is 79.9. The van der Waals surface area contributed by atoms with Crippen LogP contribution >= 0.6 is 15.9 Å². The van der Waals surface area contributed by atoms with Gasteiger partial charge in [0.25, 0.3) is 0 Å². The van der Waals surface area contributed by atoms with Crippen molar-refractivity contribution in [2.75, 3.05) is 7.05 Å². The molecule has 2 atom stereocenters. The molecule has 1 N–H and O–H groups in total. The van der Waals surface area contributed by atoms with Gasteiger partial charge in [0.2, 0.25) is 0 Å². The van der Waals surface area contributed by atoms with E-state index in [1.807, 2.05) is 6.20 Å². The van der Waals surface area contributed by atoms with Crippen molar-refractivity contribution >= 4 is 15.9 Å². The van der Waals surface area contributed by atoms with E-state index in [9.17, 15) is 0 Å². The third kappa shape index (κ3) is 2.05. The maximum atomic E-state index is 4.47. The van der Waals surface area contributed by atoms with Crippen LogP contribution in [0.1, 0.15) is 50.8 Å². The second-order valence-corrected chi connectivity index (χ2v) is 5.70. The number of rotatable bonds is 3. The van der Waals surface area contributed by atoms with Gasteiger partial charge >= 0.3 is 0 Å². The van der Waals surface area contributed by atoms with Gasteiger partial charge in [0.05, 0.1) is 16.4 Å². The lowest BCUT2D eigenvalue weighted by Crippen LogP contribution is -2.29. The highest BCUT2D eigenvalue weighted by Crippen LogP contribution is 2.38. The maximum absolute atomic E-state index is 4.47. The molecule has 4 heteroatoms. The predicted molar refractivity (Wildman–Crippen MR) is 69.8 cm³/mol. The van der Waals surface area contributed by atoms with Crippen molar-refractivity contribution in [2.24, 2.45) is 0 Å². The molecule has 1 heterocycles. The van der Waals surface area contributed by atoms with Crippen molar-refractivity contribution in [1.82, 2.24) is 15.1 Å². The molecule has 2 unspecified atom stereocenters. The average Bonchev–Trinajstić information content (AvgIpc) is 2.82. The number of nitrogens with one attached hydrogen (secondary N) is 1. The fourth-order valence-electron chi connectivity index (χ4n) is 2.74. The first-order chi connectivity index (χ1) is 7.65. The molecular formula is C12H20BrN3. The van der Waals surface area contributed by atoms with Gasteiger partial charge in [0.1, 0.15) is 0 Å². The Morgan fingerprint density at radius 1 is 1.50 bits per heavy atom. The molecule has 0 aromatic carbocycles. The number of likely N-dealkylation sites (N-methyl/N-ethyl adjacent to an activating group) is 1. The van der Waals surface area contributed by atoms with Crippen molar-refractivity contribution in [1.29, 1.82) is 0 Å². The van der Waals surface area contributed by atoms with E-state index in [2.05, 4.69) is 51.9 Å². The number of hydrogen-bond donors (Lipinski definition) is 1. The van der Waals surface area contributed by atoms with E-state index in [4.69, 9.17) is 0 Å².